The molecule has 8 heteroatoms. The normalized spacial score (nSPS) is 10.9. The lowest BCUT2D eigenvalue weighted by Crippen LogP contribution is -2.33. The maximum atomic E-state index is 10.2. The highest BCUT2D eigenvalue weighted by molar-refractivity contribution is 7.81. The van der Waals surface area contributed by atoms with Crippen LogP contribution in [0.4, 0.5) is 0 Å². The van der Waals surface area contributed by atoms with Gasteiger partial charge in [-0.1, -0.05) is 5.59 Å². The molecule has 0 radical (unpaired) electrons. The van der Waals surface area contributed by atoms with Gasteiger partial charge in [-0.2, -0.15) is 8.42 Å². The predicted molar refractivity (Wildman–Crippen MR) is 29.3 cm³/mol. The van der Waals surface area contributed by atoms with Gasteiger partial charge in [0, 0.05) is 0 Å². The molecule has 0 rings (SSSR count). The van der Waals surface area contributed by atoms with Crippen molar-refractivity contribution in [3.05, 3.63) is 0 Å². The van der Waals surface area contributed by atoms with E-state index in [1.165, 1.54) is 0 Å². The van der Waals surface area contributed by atoms with Crippen LogP contribution in [0.15, 0.2) is 0 Å². The smallest absolute Gasteiger partial charge is 0.277 e. The van der Waals surface area contributed by atoms with Gasteiger partial charge in [-0.25, -0.2) is 0 Å². The van der Waals surface area contributed by atoms with Crippen molar-refractivity contribution in [2.24, 2.45) is 0 Å². The summed E-state index contributed by atoms with van der Waals surface area (Å²) in [6.07, 6.45) is 0.200. The molecule has 0 heterocycles. The zero-order chi connectivity index (χ0) is 8.04. The van der Waals surface area contributed by atoms with E-state index in [9.17, 15) is 13.2 Å². The molecule has 0 bridgehead atoms. The Balaban J connectivity index is 3.58. The van der Waals surface area contributed by atoms with Gasteiger partial charge >= 0.3 is 10.4 Å². The van der Waals surface area contributed by atoms with Gasteiger partial charge in [-0.15, -0.1) is 4.28 Å². The second-order valence-corrected chi connectivity index (χ2v) is 2.34. The molecule has 0 fully saturated rings. The summed E-state index contributed by atoms with van der Waals surface area (Å²) < 4.78 is 28.0. The molecule has 0 aliphatic heterocycles. The fraction of sp³-hybridized carbons (Fsp3) is 0.500. The zero-order valence-electron chi connectivity index (χ0n) is 5.03. The average molecular weight is 170 g/mol. The Morgan fingerprint density at radius 1 is 1.50 bits per heavy atom. The Labute approximate surface area is 57.6 Å². The number of hydrogen-bond donors (Lipinski definition) is 2. The van der Waals surface area contributed by atoms with Gasteiger partial charge in [-0.3, -0.25) is 14.4 Å². The summed E-state index contributed by atoms with van der Waals surface area (Å²) in [7, 11) is -3.11. The van der Waals surface area contributed by atoms with E-state index in [4.69, 9.17) is 0 Å². The van der Waals surface area contributed by atoms with Crippen LogP contribution in [-0.4, -0.2) is 21.9 Å². The van der Waals surface area contributed by atoms with Crippen LogP contribution in [0.3, 0.4) is 0 Å². The number of hydrogen-bond acceptors (Lipinski definition) is 6. The molecule has 0 saturated heterocycles. The van der Waals surface area contributed by atoms with Crippen LogP contribution in [0, 0.1) is 0 Å². The van der Waals surface area contributed by atoms with E-state index in [2.05, 4.69) is 8.47 Å². The minimum Gasteiger partial charge on any atom is -0.277 e. The Kier molecular flexibility index (Phi) is 3.88. The van der Waals surface area contributed by atoms with Gasteiger partial charge in [0.15, 0.2) is 0 Å². The number of carbonyl (C=O) groups is 1. The van der Waals surface area contributed by atoms with Gasteiger partial charge in [0.25, 0.3) is 0 Å². The maximum absolute atomic E-state index is 10.2. The van der Waals surface area contributed by atoms with Crippen molar-refractivity contribution < 1.29 is 21.7 Å². The molecule has 60 valence electrons. The predicted octanol–water partition coefficient (Wildman–Crippen LogP) is -1.94. The van der Waals surface area contributed by atoms with Crippen LogP contribution in [0.25, 0.3) is 0 Å². The van der Waals surface area contributed by atoms with Gasteiger partial charge < -0.3 is 0 Å². The van der Waals surface area contributed by atoms with E-state index in [0.717, 1.165) is 7.11 Å². The van der Waals surface area contributed by atoms with Crippen molar-refractivity contribution >= 4 is 16.8 Å². The summed E-state index contributed by atoms with van der Waals surface area (Å²) in [5.41, 5.74) is 3.32. The first kappa shape index (κ1) is 9.30. The van der Waals surface area contributed by atoms with Crippen LogP contribution in [0.5, 0.6) is 0 Å². The number of carbonyl (C=O) groups excluding carboxylic acids is 1. The molecule has 7 nitrogen and oxygen atoms in total. The Hall–Kier alpha value is -0.700. The molecule has 1 amide bonds. The summed E-state index contributed by atoms with van der Waals surface area (Å²) in [6, 6.07) is 0. The second kappa shape index (κ2) is 4.17. The van der Waals surface area contributed by atoms with Crippen molar-refractivity contribution in [1.29, 1.82) is 0 Å². The minimum absolute atomic E-state index is 0.200. The lowest BCUT2D eigenvalue weighted by atomic mass is 11.4. The van der Waals surface area contributed by atoms with Crippen LogP contribution in [-0.2, 0) is 23.7 Å². The molecule has 0 atom stereocenters. The topological polar surface area (TPSA) is 93.7 Å². The lowest BCUT2D eigenvalue weighted by Gasteiger charge is -2.00. The largest absolute Gasteiger partial charge is 0.417 e. The second-order valence-electron chi connectivity index (χ2n) is 1.02. The molecule has 10 heavy (non-hydrogen) atoms. The van der Waals surface area contributed by atoms with Crippen LogP contribution in [0.2, 0.25) is 0 Å². The first-order valence-corrected chi connectivity index (χ1v) is 3.39. The Morgan fingerprint density at radius 3 is 2.50 bits per heavy atom. The standard InChI is InChI=1S/C2H6N2O5S/c1-8-10(6,7)9-4-3-2-5/h2,4H,1H3,(H,3,5). The van der Waals surface area contributed by atoms with Crippen LogP contribution in [0.1, 0.15) is 0 Å². The summed E-state index contributed by atoms with van der Waals surface area (Å²) in [6.45, 7) is 0. The van der Waals surface area contributed by atoms with Crippen LogP contribution >= 0.6 is 0 Å². The molecule has 0 spiro atoms. The molecule has 0 aliphatic rings. The summed E-state index contributed by atoms with van der Waals surface area (Å²) in [4.78, 5) is 9.49. The van der Waals surface area contributed by atoms with Crippen molar-refractivity contribution in [3.63, 3.8) is 0 Å². The summed E-state index contributed by atoms with van der Waals surface area (Å²) in [5, 5.41) is 0. The molecule has 0 unspecified atom stereocenters. The first-order chi connectivity index (χ1) is 4.62. The van der Waals surface area contributed by atoms with E-state index in [1.807, 2.05) is 0 Å². The van der Waals surface area contributed by atoms with Gasteiger partial charge in [0.05, 0.1) is 7.11 Å². The van der Waals surface area contributed by atoms with Crippen molar-refractivity contribution in [2.45, 2.75) is 0 Å². The van der Waals surface area contributed by atoms with Gasteiger partial charge in [0.2, 0.25) is 6.41 Å². The summed E-state index contributed by atoms with van der Waals surface area (Å²) in [5.74, 6) is 0. The number of rotatable bonds is 5. The molecule has 0 aliphatic carbocycles. The highest BCUT2D eigenvalue weighted by atomic mass is 32.3. The molecule has 0 aromatic heterocycles. The quantitative estimate of drug-likeness (QED) is 0.283. The number of amides is 1. The molecule has 0 aromatic rings. The van der Waals surface area contributed by atoms with E-state index >= 15 is 0 Å². The molecule has 0 aromatic carbocycles. The fourth-order valence-corrected chi connectivity index (χ4v) is 0.351. The molecular formula is C2H6N2O5S. The fourth-order valence-electron chi connectivity index (χ4n) is 0.133. The molecule has 0 saturated carbocycles. The van der Waals surface area contributed by atoms with Crippen molar-refractivity contribution in [1.82, 2.24) is 11.0 Å². The van der Waals surface area contributed by atoms with Crippen molar-refractivity contribution in [2.75, 3.05) is 7.11 Å². The van der Waals surface area contributed by atoms with E-state index in [0.29, 0.717) is 0 Å². The van der Waals surface area contributed by atoms with Crippen molar-refractivity contribution in [3.8, 4) is 0 Å². The van der Waals surface area contributed by atoms with Gasteiger partial charge in [0.1, 0.15) is 0 Å². The van der Waals surface area contributed by atoms with E-state index < -0.39 is 10.4 Å². The molecule has 2 N–H and O–H groups in total. The third-order valence-electron chi connectivity index (χ3n) is 0.466. The maximum Gasteiger partial charge on any atom is 0.417 e. The highest BCUT2D eigenvalue weighted by Gasteiger charge is 2.06. The lowest BCUT2D eigenvalue weighted by molar-refractivity contribution is -0.112. The first-order valence-electron chi connectivity index (χ1n) is 2.05. The Bertz CT molecular complexity index is 186. The highest BCUT2D eigenvalue weighted by Crippen LogP contribution is 1.85. The third kappa shape index (κ3) is 4.21. The average Bonchev–Trinajstić information content (AvgIpc) is 1.89. The Morgan fingerprint density at radius 2 is 2.10 bits per heavy atom. The summed E-state index contributed by atoms with van der Waals surface area (Å²) >= 11 is 0. The third-order valence-corrected chi connectivity index (χ3v) is 1.16. The molecular weight excluding hydrogens is 164 g/mol. The SMILES string of the molecule is COS(=O)(=O)ONNC=O. The minimum atomic E-state index is -4.02. The number of nitrogens with one attached hydrogen (secondary N) is 2. The van der Waals surface area contributed by atoms with Gasteiger partial charge in [-0.05, 0) is 0 Å². The zero-order valence-corrected chi connectivity index (χ0v) is 5.84. The van der Waals surface area contributed by atoms with E-state index in [1.54, 1.807) is 11.0 Å². The van der Waals surface area contributed by atoms with E-state index in [-0.39, 0.29) is 6.41 Å². The van der Waals surface area contributed by atoms with Crippen LogP contribution < -0.4 is 11.0 Å². The monoisotopic (exact) mass is 170 g/mol. The number of hydrazine groups is 1.